The van der Waals surface area contributed by atoms with E-state index in [1.165, 1.54) is 28.6 Å². The van der Waals surface area contributed by atoms with E-state index in [0.717, 1.165) is 23.1 Å². The standard InChI is InChI=1S/C17H24N4O2S2/c1-9-4-5-11-12(6-9)25-16-14(11)15(18)20-17(21-16)24-8-13(22)19-10(2)7-23-3/h9-10H,4-8H2,1-3H3,(H,19,22)(H2,18,20,21)/t9-,10-/m1/s1. The Labute approximate surface area is 155 Å². The van der Waals surface area contributed by atoms with Crippen molar-refractivity contribution in [3.05, 3.63) is 10.4 Å². The Kier molecular flexibility index (Phi) is 5.81. The quantitative estimate of drug-likeness (QED) is 0.591. The number of fused-ring (bicyclic) bond motifs is 3. The van der Waals surface area contributed by atoms with E-state index in [4.69, 9.17) is 10.5 Å². The van der Waals surface area contributed by atoms with Gasteiger partial charge in [-0.3, -0.25) is 4.79 Å². The van der Waals surface area contributed by atoms with Crippen molar-refractivity contribution in [1.82, 2.24) is 15.3 Å². The molecule has 0 unspecified atom stereocenters. The molecule has 3 rings (SSSR count). The van der Waals surface area contributed by atoms with Crippen molar-refractivity contribution < 1.29 is 9.53 Å². The third kappa shape index (κ3) is 4.24. The van der Waals surface area contributed by atoms with Crippen LogP contribution in [0, 0.1) is 5.92 Å². The fourth-order valence-electron chi connectivity index (χ4n) is 3.15. The molecule has 0 saturated heterocycles. The molecule has 1 aliphatic carbocycles. The molecule has 6 nitrogen and oxygen atoms in total. The summed E-state index contributed by atoms with van der Waals surface area (Å²) < 4.78 is 5.02. The molecule has 2 aromatic heterocycles. The minimum Gasteiger partial charge on any atom is -0.383 e. The van der Waals surface area contributed by atoms with Gasteiger partial charge in [0.2, 0.25) is 5.91 Å². The van der Waals surface area contributed by atoms with Gasteiger partial charge < -0.3 is 15.8 Å². The number of thioether (sulfide) groups is 1. The maximum absolute atomic E-state index is 12.0. The molecule has 0 spiro atoms. The van der Waals surface area contributed by atoms with Gasteiger partial charge in [0.1, 0.15) is 10.6 Å². The number of thiophene rings is 1. The number of aromatic nitrogens is 2. The number of rotatable bonds is 6. The van der Waals surface area contributed by atoms with E-state index < -0.39 is 0 Å². The topological polar surface area (TPSA) is 90.1 Å². The van der Waals surface area contributed by atoms with Gasteiger partial charge in [-0.1, -0.05) is 18.7 Å². The van der Waals surface area contributed by atoms with Crippen LogP contribution in [-0.4, -0.2) is 41.4 Å². The van der Waals surface area contributed by atoms with E-state index in [-0.39, 0.29) is 17.7 Å². The van der Waals surface area contributed by atoms with Crippen LogP contribution in [0.15, 0.2) is 5.16 Å². The molecule has 1 amide bonds. The summed E-state index contributed by atoms with van der Waals surface area (Å²) >= 11 is 3.04. The first-order chi connectivity index (χ1) is 12.0. The van der Waals surface area contributed by atoms with Crippen molar-refractivity contribution in [2.45, 2.75) is 44.3 Å². The zero-order valence-corrected chi connectivity index (χ0v) is 16.4. The Morgan fingerprint density at radius 3 is 3.08 bits per heavy atom. The maximum Gasteiger partial charge on any atom is 0.230 e. The number of carbonyl (C=O) groups excluding carboxylic acids is 1. The Balaban J connectivity index is 1.72. The summed E-state index contributed by atoms with van der Waals surface area (Å²) in [5.74, 6) is 1.45. The highest BCUT2D eigenvalue weighted by Crippen LogP contribution is 2.39. The summed E-state index contributed by atoms with van der Waals surface area (Å²) in [6.07, 6.45) is 3.34. The number of anilines is 1. The van der Waals surface area contributed by atoms with Crippen LogP contribution in [0.4, 0.5) is 5.82 Å². The van der Waals surface area contributed by atoms with Crippen molar-refractivity contribution in [1.29, 1.82) is 0 Å². The predicted octanol–water partition coefficient (Wildman–Crippen LogP) is 2.64. The van der Waals surface area contributed by atoms with Gasteiger partial charge in [0.25, 0.3) is 0 Å². The Bertz CT molecular complexity index is 778. The fraction of sp³-hybridized carbons (Fsp3) is 0.588. The summed E-state index contributed by atoms with van der Waals surface area (Å²) in [6.45, 7) is 4.68. The van der Waals surface area contributed by atoms with E-state index >= 15 is 0 Å². The first-order valence-corrected chi connectivity index (χ1v) is 10.3. The van der Waals surface area contributed by atoms with Crippen molar-refractivity contribution in [3.63, 3.8) is 0 Å². The number of nitrogens with one attached hydrogen (secondary N) is 1. The van der Waals surface area contributed by atoms with Crippen LogP contribution in [0.2, 0.25) is 0 Å². The van der Waals surface area contributed by atoms with Gasteiger partial charge in [-0.2, -0.15) is 0 Å². The monoisotopic (exact) mass is 380 g/mol. The van der Waals surface area contributed by atoms with E-state index in [2.05, 4.69) is 22.2 Å². The van der Waals surface area contributed by atoms with Gasteiger partial charge in [-0.25, -0.2) is 9.97 Å². The highest BCUT2D eigenvalue weighted by atomic mass is 32.2. The van der Waals surface area contributed by atoms with Gasteiger partial charge >= 0.3 is 0 Å². The molecular formula is C17H24N4O2S2. The molecule has 2 atom stereocenters. The zero-order chi connectivity index (χ0) is 18.0. The lowest BCUT2D eigenvalue weighted by atomic mass is 9.89. The number of nitrogen functional groups attached to an aromatic ring is 1. The molecule has 2 aromatic rings. The summed E-state index contributed by atoms with van der Waals surface area (Å²) in [5.41, 5.74) is 7.54. The summed E-state index contributed by atoms with van der Waals surface area (Å²) in [4.78, 5) is 23.4. The lowest BCUT2D eigenvalue weighted by Gasteiger charge is -2.17. The van der Waals surface area contributed by atoms with Gasteiger partial charge in [0.15, 0.2) is 5.16 Å². The average Bonchev–Trinajstić information content (AvgIpc) is 2.90. The van der Waals surface area contributed by atoms with Gasteiger partial charge in [-0.15, -0.1) is 11.3 Å². The smallest absolute Gasteiger partial charge is 0.230 e. The number of nitrogens with two attached hydrogens (primary N) is 1. The van der Waals surface area contributed by atoms with Crippen LogP contribution in [0.25, 0.3) is 10.2 Å². The molecule has 25 heavy (non-hydrogen) atoms. The maximum atomic E-state index is 12.0. The molecule has 0 aliphatic heterocycles. The molecule has 0 fully saturated rings. The molecular weight excluding hydrogens is 356 g/mol. The van der Waals surface area contributed by atoms with Crippen molar-refractivity contribution in [3.8, 4) is 0 Å². The highest BCUT2D eigenvalue weighted by Gasteiger charge is 2.23. The van der Waals surface area contributed by atoms with E-state index in [0.29, 0.717) is 23.5 Å². The first-order valence-electron chi connectivity index (χ1n) is 8.46. The summed E-state index contributed by atoms with van der Waals surface area (Å²) in [7, 11) is 1.62. The first kappa shape index (κ1) is 18.4. The second-order valence-corrected chi connectivity index (χ2v) is 8.66. The number of hydrogen-bond acceptors (Lipinski definition) is 7. The van der Waals surface area contributed by atoms with Crippen LogP contribution in [0.3, 0.4) is 0 Å². The lowest BCUT2D eigenvalue weighted by Crippen LogP contribution is -2.36. The summed E-state index contributed by atoms with van der Waals surface area (Å²) in [5, 5.41) is 4.46. The second kappa shape index (κ2) is 7.88. The number of methoxy groups -OCH3 is 1. The molecule has 2 heterocycles. The molecule has 0 aromatic carbocycles. The van der Waals surface area contributed by atoms with Crippen LogP contribution in [-0.2, 0) is 22.4 Å². The predicted molar refractivity (Wildman–Crippen MR) is 103 cm³/mol. The minimum absolute atomic E-state index is 0.0161. The molecule has 0 bridgehead atoms. The molecule has 1 aliphatic rings. The zero-order valence-electron chi connectivity index (χ0n) is 14.8. The lowest BCUT2D eigenvalue weighted by molar-refractivity contribution is -0.119. The fourth-order valence-corrected chi connectivity index (χ4v) is 5.26. The number of ether oxygens (including phenoxy) is 1. The Morgan fingerprint density at radius 1 is 1.52 bits per heavy atom. The van der Waals surface area contributed by atoms with E-state index in [9.17, 15) is 4.79 Å². The third-order valence-electron chi connectivity index (χ3n) is 4.32. The van der Waals surface area contributed by atoms with Crippen LogP contribution >= 0.6 is 23.1 Å². The largest absolute Gasteiger partial charge is 0.383 e. The van der Waals surface area contributed by atoms with Crippen LogP contribution < -0.4 is 11.1 Å². The number of nitrogens with zero attached hydrogens (tertiary/aromatic N) is 2. The van der Waals surface area contributed by atoms with E-state index in [1.54, 1.807) is 18.4 Å². The van der Waals surface area contributed by atoms with E-state index in [1.807, 2.05) is 6.92 Å². The minimum atomic E-state index is -0.0592. The average molecular weight is 381 g/mol. The number of carbonyl (C=O) groups is 1. The van der Waals surface area contributed by atoms with Crippen molar-refractivity contribution in [2.24, 2.45) is 5.92 Å². The van der Waals surface area contributed by atoms with Crippen LogP contribution in [0.1, 0.15) is 30.7 Å². The van der Waals surface area contributed by atoms with Gasteiger partial charge in [0.05, 0.1) is 17.7 Å². The van der Waals surface area contributed by atoms with Gasteiger partial charge in [0, 0.05) is 18.0 Å². The van der Waals surface area contributed by atoms with Gasteiger partial charge in [-0.05, 0) is 37.7 Å². The molecule has 8 heteroatoms. The third-order valence-corrected chi connectivity index (χ3v) is 6.31. The Hall–Kier alpha value is -1.38. The molecule has 0 radical (unpaired) electrons. The number of aryl methyl sites for hydroxylation is 1. The van der Waals surface area contributed by atoms with Crippen molar-refractivity contribution in [2.75, 3.05) is 25.2 Å². The highest BCUT2D eigenvalue weighted by molar-refractivity contribution is 7.99. The molecule has 3 N–H and O–H groups in total. The number of amides is 1. The summed E-state index contributed by atoms with van der Waals surface area (Å²) in [6, 6.07) is -0.0161. The van der Waals surface area contributed by atoms with Crippen molar-refractivity contribution >= 4 is 45.0 Å². The number of hydrogen-bond donors (Lipinski definition) is 2. The van der Waals surface area contributed by atoms with Crippen LogP contribution in [0.5, 0.6) is 0 Å². The Morgan fingerprint density at radius 2 is 2.32 bits per heavy atom. The normalized spacial score (nSPS) is 18.1. The molecule has 136 valence electrons. The SMILES string of the molecule is COC[C@@H](C)NC(=O)CSc1nc(N)c2c3c(sc2n1)C[C@H](C)CC3. The second-order valence-electron chi connectivity index (χ2n) is 6.64. The molecule has 0 saturated carbocycles.